The molecule has 0 bridgehead atoms. The molecule has 1 aromatic carbocycles. The molecule has 0 unspecified atom stereocenters. The van der Waals surface area contributed by atoms with Crippen LogP contribution in [0.5, 0.6) is 5.75 Å². The van der Waals surface area contributed by atoms with Gasteiger partial charge in [0.05, 0.1) is 19.4 Å². The molecule has 1 fully saturated rings. The van der Waals surface area contributed by atoms with Crippen molar-refractivity contribution in [1.82, 2.24) is 14.8 Å². The lowest BCUT2D eigenvalue weighted by Gasteiger charge is -2.35. The normalized spacial score (nSPS) is 14.3. The molecular formula is C20H25N3O3. The molecule has 1 aromatic heterocycles. The minimum Gasteiger partial charge on any atom is -0.494 e. The van der Waals surface area contributed by atoms with Gasteiger partial charge in [0.1, 0.15) is 5.75 Å². The van der Waals surface area contributed by atoms with Crippen LogP contribution in [0.25, 0.3) is 0 Å². The SMILES string of the molecule is CCOc1ccc(CC(=O)N2CCN(C(=O)Cc3cc[nH]c3)CC2)cc1. The summed E-state index contributed by atoms with van der Waals surface area (Å²) in [6.07, 6.45) is 4.45. The first-order chi connectivity index (χ1) is 12.7. The van der Waals surface area contributed by atoms with Gasteiger partial charge in [-0.2, -0.15) is 0 Å². The van der Waals surface area contributed by atoms with Crippen LogP contribution in [0, 0.1) is 0 Å². The Morgan fingerprint density at radius 2 is 1.50 bits per heavy atom. The zero-order valence-electron chi connectivity index (χ0n) is 15.1. The standard InChI is InChI=1S/C20H25N3O3/c1-2-26-18-5-3-16(4-6-18)13-19(24)22-9-11-23(12-10-22)20(25)14-17-7-8-21-15-17/h3-8,15,21H,2,9-14H2,1H3. The molecule has 6 nitrogen and oxygen atoms in total. The number of carbonyl (C=O) groups is 2. The summed E-state index contributed by atoms with van der Waals surface area (Å²) in [5.74, 6) is 1.04. The average Bonchev–Trinajstić information content (AvgIpc) is 3.16. The maximum atomic E-state index is 12.5. The van der Waals surface area contributed by atoms with Crippen LogP contribution in [0.2, 0.25) is 0 Å². The fraction of sp³-hybridized carbons (Fsp3) is 0.400. The Morgan fingerprint density at radius 3 is 2.00 bits per heavy atom. The highest BCUT2D eigenvalue weighted by Crippen LogP contribution is 2.14. The van der Waals surface area contributed by atoms with Crippen LogP contribution in [0.1, 0.15) is 18.1 Å². The second-order valence-electron chi connectivity index (χ2n) is 6.41. The Balaban J connectivity index is 1.46. The summed E-state index contributed by atoms with van der Waals surface area (Å²) >= 11 is 0. The number of H-pyrrole nitrogens is 1. The van der Waals surface area contributed by atoms with Crippen LogP contribution < -0.4 is 4.74 Å². The van der Waals surface area contributed by atoms with E-state index in [2.05, 4.69) is 4.98 Å². The van der Waals surface area contributed by atoms with E-state index in [4.69, 9.17) is 4.74 Å². The molecule has 0 radical (unpaired) electrons. The lowest BCUT2D eigenvalue weighted by atomic mass is 10.1. The summed E-state index contributed by atoms with van der Waals surface area (Å²) < 4.78 is 5.42. The summed E-state index contributed by atoms with van der Waals surface area (Å²) in [5, 5.41) is 0. The Kier molecular flexibility index (Phi) is 5.94. The number of hydrogen-bond donors (Lipinski definition) is 1. The molecule has 2 amide bonds. The molecule has 0 aliphatic carbocycles. The Morgan fingerprint density at radius 1 is 0.923 bits per heavy atom. The van der Waals surface area contributed by atoms with Gasteiger partial charge in [-0.15, -0.1) is 0 Å². The van der Waals surface area contributed by atoms with Crippen molar-refractivity contribution < 1.29 is 14.3 Å². The summed E-state index contributed by atoms with van der Waals surface area (Å²) in [7, 11) is 0. The monoisotopic (exact) mass is 355 g/mol. The van der Waals surface area contributed by atoms with Crippen LogP contribution in [0.15, 0.2) is 42.7 Å². The van der Waals surface area contributed by atoms with Crippen LogP contribution >= 0.6 is 0 Å². The van der Waals surface area contributed by atoms with Gasteiger partial charge >= 0.3 is 0 Å². The van der Waals surface area contributed by atoms with E-state index in [0.29, 0.717) is 45.6 Å². The Bertz CT molecular complexity index is 717. The molecule has 0 atom stereocenters. The third kappa shape index (κ3) is 4.65. The van der Waals surface area contributed by atoms with E-state index in [1.54, 1.807) is 0 Å². The summed E-state index contributed by atoms with van der Waals surface area (Å²) in [5.41, 5.74) is 1.97. The number of amides is 2. The molecule has 138 valence electrons. The van der Waals surface area contributed by atoms with Gasteiger partial charge in [0, 0.05) is 38.6 Å². The highest BCUT2D eigenvalue weighted by Gasteiger charge is 2.24. The van der Waals surface area contributed by atoms with Crippen LogP contribution in [0.4, 0.5) is 0 Å². The van der Waals surface area contributed by atoms with E-state index >= 15 is 0 Å². The van der Waals surface area contributed by atoms with Crippen molar-refractivity contribution in [2.45, 2.75) is 19.8 Å². The van der Waals surface area contributed by atoms with Gasteiger partial charge in [0.15, 0.2) is 0 Å². The quantitative estimate of drug-likeness (QED) is 0.860. The lowest BCUT2D eigenvalue weighted by molar-refractivity contribution is -0.138. The van der Waals surface area contributed by atoms with Crippen molar-refractivity contribution in [1.29, 1.82) is 0 Å². The van der Waals surface area contributed by atoms with E-state index < -0.39 is 0 Å². The minimum atomic E-state index is 0.104. The van der Waals surface area contributed by atoms with E-state index in [-0.39, 0.29) is 11.8 Å². The van der Waals surface area contributed by atoms with Gasteiger partial charge in [-0.25, -0.2) is 0 Å². The number of nitrogens with one attached hydrogen (secondary N) is 1. The van der Waals surface area contributed by atoms with Gasteiger partial charge in [-0.05, 0) is 36.2 Å². The largest absolute Gasteiger partial charge is 0.494 e. The van der Waals surface area contributed by atoms with E-state index in [0.717, 1.165) is 16.9 Å². The zero-order chi connectivity index (χ0) is 18.4. The predicted molar refractivity (Wildman–Crippen MR) is 99.0 cm³/mol. The Hall–Kier alpha value is -2.76. The number of carbonyl (C=O) groups excluding carboxylic acids is 2. The fourth-order valence-corrected chi connectivity index (χ4v) is 3.12. The first kappa shape index (κ1) is 18.0. The molecule has 2 aromatic rings. The van der Waals surface area contributed by atoms with Crippen LogP contribution in [-0.4, -0.2) is 59.4 Å². The van der Waals surface area contributed by atoms with Gasteiger partial charge in [-0.3, -0.25) is 9.59 Å². The van der Waals surface area contributed by atoms with Crippen molar-refractivity contribution in [3.63, 3.8) is 0 Å². The number of benzene rings is 1. The average molecular weight is 355 g/mol. The number of nitrogens with zero attached hydrogens (tertiary/aromatic N) is 2. The van der Waals surface area contributed by atoms with Gasteiger partial charge < -0.3 is 19.5 Å². The van der Waals surface area contributed by atoms with E-state index in [9.17, 15) is 9.59 Å². The molecule has 0 spiro atoms. The first-order valence-corrected chi connectivity index (χ1v) is 9.04. The third-order valence-corrected chi connectivity index (χ3v) is 4.59. The van der Waals surface area contributed by atoms with Gasteiger partial charge in [0.2, 0.25) is 11.8 Å². The number of aromatic nitrogens is 1. The first-order valence-electron chi connectivity index (χ1n) is 9.04. The number of piperazine rings is 1. The summed E-state index contributed by atoms with van der Waals surface area (Å²) in [4.78, 5) is 31.5. The van der Waals surface area contributed by atoms with Gasteiger partial charge in [-0.1, -0.05) is 12.1 Å². The molecule has 2 heterocycles. The van der Waals surface area contributed by atoms with Crippen molar-refractivity contribution in [3.8, 4) is 5.75 Å². The predicted octanol–water partition coefficient (Wildman–Crippen LogP) is 1.87. The zero-order valence-corrected chi connectivity index (χ0v) is 15.1. The van der Waals surface area contributed by atoms with Crippen molar-refractivity contribution in [3.05, 3.63) is 53.9 Å². The molecule has 26 heavy (non-hydrogen) atoms. The topological polar surface area (TPSA) is 65.6 Å². The maximum absolute atomic E-state index is 12.5. The van der Waals surface area contributed by atoms with E-state index in [1.807, 2.05) is 59.4 Å². The van der Waals surface area contributed by atoms with E-state index in [1.165, 1.54) is 0 Å². The highest BCUT2D eigenvalue weighted by molar-refractivity contribution is 5.81. The van der Waals surface area contributed by atoms with Gasteiger partial charge in [0.25, 0.3) is 0 Å². The fourth-order valence-electron chi connectivity index (χ4n) is 3.12. The molecule has 6 heteroatoms. The molecule has 1 N–H and O–H groups in total. The van der Waals surface area contributed by atoms with Crippen molar-refractivity contribution in [2.75, 3.05) is 32.8 Å². The number of hydrogen-bond acceptors (Lipinski definition) is 3. The second kappa shape index (κ2) is 8.56. The molecule has 1 aliphatic rings. The lowest BCUT2D eigenvalue weighted by Crippen LogP contribution is -2.51. The van der Waals surface area contributed by atoms with Crippen molar-refractivity contribution >= 4 is 11.8 Å². The molecule has 3 rings (SSSR count). The maximum Gasteiger partial charge on any atom is 0.227 e. The molecule has 1 aliphatic heterocycles. The number of ether oxygens (including phenoxy) is 1. The Labute approximate surface area is 153 Å². The van der Waals surface area contributed by atoms with Crippen LogP contribution in [-0.2, 0) is 22.4 Å². The minimum absolute atomic E-state index is 0.104. The van der Waals surface area contributed by atoms with Crippen LogP contribution in [0.3, 0.4) is 0 Å². The smallest absolute Gasteiger partial charge is 0.227 e. The second-order valence-corrected chi connectivity index (χ2v) is 6.41. The number of aromatic amines is 1. The molecule has 0 saturated carbocycles. The molecular weight excluding hydrogens is 330 g/mol. The molecule has 1 saturated heterocycles. The summed E-state index contributed by atoms with van der Waals surface area (Å²) in [6, 6.07) is 9.56. The third-order valence-electron chi connectivity index (χ3n) is 4.59. The summed E-state index contributed by atoms with van der Waals surface area (Å²) in [6.45, 7) is 4.95. The number of rotatable bonds is 6. The van der Waals surface area contributed by atoms with Crippen molar-refractivity contribution in [2.24, 2.45) is 0 Å². The highest BCUT2D eigenvalue weighted by atomic mass is 16.5.